The Labute approximate surface area is 144 Å². The molecule has 0 aliphatic carbocycles. The van der Waals surface area contributed by atoms with Gasteiger partial charge in [0, 0.05) is 39.7 Å². The van der Waals surface area contributed by atoms with Crippen LogP contribution in [0.1, 0.15) is 32.9 Å². The average Bonchev–Trinajstić information content (AvgIpc) is 2.38. The quantitative estimate of drug-likeness (QED) is 0.835. The van der Waals surface area contributed by atoms with Crippen LogP contribution < -0.4 is 10.6 Å². The van der Waals surface area contributed by atoms with Crippen LogP contribution in [-0.2, 0) is 4.79 Å². The molecule has 0 fully saturated rings. The number of benzene rings is 1. The maximum atomic E-state index is 14.1. The van der Waals surface area contributed by atoms with E-state index < -0.39 is 0 Å². The number of rotatable bonds is 4. The van der Waals surface area contributed by atoms with Crippen LogP contribution in [-0.4, -0.2) is 23.0 Å². The summed E-state index contributed by atoms with van der Waals surface area (Å²) < 4.78 is 14.7. The van der Waals surface area contributed by atoms with Gasteiger partial charge in [-0.3, -0.25) is 4.79 Å². The zero-order valence-electron chi connectivity index (χ0n) is 13.8. The third kappa shape index (κ3) is 4.89. The fourth-order valence-electron chi connectivity index (χ4n) is 2.32. The Morgan fingerprint density at radius 2 is 2.00 bits per heavy atom. The van der Waals surface area contributed by atoms with Gasteiger partial charge in [-0.1, -0.05) is 15.9 Å². The third-order valence-corrected chi connectivity index (χ3v) is 3.60. The van der Waals surface area contributed by atoms with E-state index >= 15 is 0 Å². The maximum absolute atomic E-state index is 14.1. The summed E-state index contributed by atoms with van der Waals surface area (Å²) in [6, 6.07) is 5.08. The highest BCUT2D eigenvalue weighted by atomic mass is 79.9. The highest BCUT2D eigenvalue weighted by Crippen LogP contribution is 2.28. The second-order valence-electron chi connectivity index (χ2n) is 6.57. The van der Waals surface area contributed by atoms with Crippen molar-refractivity contribution in [3.8, 4) is 0 Å². The van der Waals surface area contributed by atoms with Gasteiger partial charge in [0.2, 0.25) is 5.91 Å². The van der Waals surface area contributed by atoms with Gasteiger partial charge in [0.05, 0.1) is 0 Å². The molecule has 2 aromatic rings. The van der Waals surface area contributed by atoms with Crippen molar-refractivity contribution < 1.29 is 9.18 Å². The number of carbonyl (C=O) groups excluding carboxylic acids is 1. The van der Waals surface area contributed by atoms with Gasteiger partial charge < -0.3 is 10.6 Å². The minimum atomic E-state index is -0.369. The van der Waals surface area contributed by atoms with Gasteiger partial charge >= 0.3 is 0 Å². The molecule has 1 aromatic heterocycles. The Hall–Kier alpha value is -1.69. The first-order valence-electron chi connectivity index (χ1n) is 7.47. The topological polar surface area (TPSA) is 54.0 Å². The normalized spacial score (nSPS) is 11.6. The molecule has 1 aromatic carbocycles. The third-order valence-electron chi connectivity index (χ3n) is 3.14. The van der Waals surface area contributed by atoms with Gasteiger partial charge in [0.1, 0.15) is 5.52 Å². The van der Waals surface area contributed by atoms with Crippen LogP contribution in [0.3, 0.4) is 0 Å². The highest BCUT2D eigenvalue weighted by molar-refractivity contribution is 9.10. The van der Waals surface area contributed by atoms with Crippen LogP contribution in [0.5, 0.6) is 0 Å². The standard InChI is InChI=1S/C17H21BrFN3O/c1-10-7-14(20-6-5-15(23)22-17(2,3)4)12-8-11(18)9-13(19)16(12)21-10/h7-9H,5-6H2,1-4H3,(H,20,21)(H,22,23). The minimum Gasteiger partial charge on any atom is -0.384 e. The molecule has 6 heteroatoms. The number of anilines is 1. The molecule has 0 saturated carbocycles. The second-order valence-corrected chi connectivity index (χ2v) is 7.49. The van der Waals surface area contributed by atoms with Crippen LogP contribution in [0.4, 0.5) is 10.1 Å². The molecule has 1 amide bonds. The predicted octanol–water partition coefficient (Wildman–Crippen LogP) is 4.16. The van der Waals surface area contributed by atoms with Crippen LogP contribution in [0, 0.1) is 12.7 Å². The van der Waals surface area contributed by atoms with E-state index in [0.717, 1.165) is 11.4 Å². The lowest BCUT2D eigenvalue weighted by Gasteiger charge is -2.20. The second kappa shape index (κ2) is 6.83. The molecule has 4 nitrogen and oxygen atoms in total. The number of carbonyl (C=O) groups is 1. The van der Waals surface area contributed by atoms with Crippen molar-refractivity contribution >= 4 is 38.4 Å². The van der Waals surface area contributed by atoms with Gasteiger partial charge in [-0.25, -0.2) is 9.37 Å². The van der Waals surface area contributed by atoms with Gasteiger partial charge in [0.15, 0.2) is 5.82 Å². The molecule has 0 aliphatic heterocycles. The van der Waals surface area contributed by atoms with Crippen molar-refractivity contribution in [2.24, 2.45) is 0 Å². The van der Waals surface area contributed by atoms with E-state index in [0.29, 0.717) is 28.3 Å². The summed E-state index contributed by atoms with van der Waals surface area (Å²) in [6.45, 7) is 8.11. The molecule has 0 spiro atoms. The number of hydrogen-bond donors (Lipinski definition) is 2. The van der Waals surface area contributed by atoms with Crippen molar-refractivity contribution in [3.05, 3.63) is 34.2 Å². The summed E-state index contributed by atoms with van der Waals surface area (Å²) in [4.78, 5) is 16.1. The zero-order chi connectivity index (χ0) is 17.2. The summed E-state index contributed by atoms with van der Waals surface area (Å²) in [6.07, 6.45) is 0.344. The molecule has 2 N–H and O–H groups in total. The van der Waals surface area contributed by atoms with Gasteiger partial charge in [0.25, 0.3) is 0 Å². The summed E-state index contributed by atoms with van der Waals surface area (Å²) in [5.74, 6) is -0.390. The first-order valence-corrected chi connectivity index (χ1v) is 8.26. The number of aromatic nitrogens is 1. The summed E-state index contributed by atoms with van der Waals surface area (Å²) in [7, 11) is 0. The van der Waals surface area contributed by atoms with E-state index in [9.17, 15) is 9.18 Å². The lowest BCUT2D eigenvalue weighted by Crippen LogP contribution is -2.41. The van der Waals surface area contributed by atoms with Crippen LogP contribution in [0.25, 0.3) is 10.9 Å². The van der Waals surface area contributed by atoms with Crippen molar-refractivity contribution in [2.45, 2.75) is 39.7 Å². The minimum absolute atomic E-state index is 0.0209. The number of fused-ring (bicyclic) bond motifs is 1. The Balaban J connectivity index is 2.16. The predicted molar refractivity (Wildman–Crippen MR) is 95.1 cm³/mol. The molecule has 23 heavy (non-hydrogen) atoms. The van der Waals surface area contributed by atoms with Gasteiger partial charge in [-0.05, 0) is 45.9 Å². The molecule has 0 radical (unpaired) electrons. The van der Waals surface area contributed by atoms with E-state index in [1.54, 1.807) is 0 Å². The number of hydrogen-bond acceptors (Lipinski definition) is 3. The highest BCUT2D eigenvalue weighted by Gasteiger charge is 2.14. The molecule has 2 rings (SSSR count). The summed E-state index contributed by atoms with van der Waals surface area (Å²) in [5, 5.41) is 6.82. The van der Waals surface area contributed by atoms with Crippen molar-refractivity contribution in [1.29, 1.82) is 0 Å². The number of amides is 1. The van der Waals surface area contributed by atoms with E-state index in [-0.39, 0.29) is 17.3 Å². The Morgan fingerprint density at radius 1 is 1.30 bits per heavy atom. The van der Waals surface area contributed by atoms with E-state index in [2.05, 4.69) is 31.5 Å². The van der Waals surface area contributed by atoms with Gasteiger partial charge in [-0.2, -0.15) is 0 Å². The summed E-state index contributed by atoms with van der Waals surface area (Å²) in [5.41, 5.74) is 1.58. The Kier molecular flexibility index (Phi) is 5.24. The van der Waals surface area contributed by atoms with Gasteiger partial charge in [-0.15, -0.1) is 0 Å². The molecule has 1 heterocycles. The number of nitrogens with one attached hydrogen (secondary N) is 2. The largest absolute Gasteiger partial charge is 0.384 e. The number of nitrogens with zero attached hydrogens (tertiary/aromatic N) is 1. The molecule has 0 unspecified atom stereocenters. The Bertz CT molecular complexity index is 741. The lowest BCUT2D eigenvalue weighted by molar-refractivity contribution is -0.122. The van der Waals surface area contributed by atoms with E-state index in [1.807, 2.05) is 39.8 Å². The first-order chi connectivity index (χ1) is 10.7. The lowest BCUT2D eigenvalue weighted by atomic mass is 10.1. The Morgan fingerprint density at radius 3 is 2.65 bits per heavy atom. The molecule has 0 saturated heterocycles. The molecule has 124 valence electrons. The molecule has 0 aliphatic rings. The monoisotopic (exact) mass is 381 g/mol. The van der Waals surface area contributed by atoms with Crippen LogP contribution in [0.15, 0.2) is 22.7 Å². The van der Waals surface area contributed by atoms with Crippen LogP contribution >= 0.6 is 15.9 Å². The van der Waals surface area contributed by atoms with Crippen molar-refractivity contribution in [2.75, 3.05) is 11.9 Å². The maximum Gasteiger partial charge on any atom is 0.222 e. The smallest absolute Gasteiger partial charge is 0.222 e. The van der Waals surface area contributed by atoms with Crippen molar-refractivity contribution in [3.63, 3.8) is 0 Å². The number of aryl methyl sites for hydroxylation is 1. The van der Waals surface area contributed by atoms with E-state index in [1.165, 1.54) is 6.07 Å². The molecule has 0 bridgehead atoms. The first kappa shape index (κ1) is 17.7. The SMILES string of the molecule is Cc1cc(NCCC(=O)NC(C)(C)C)c2cc(Br)cc(F)c2n1. The van der Waals surface area contributed by atoms with E-state index in [4.69, 9.17) is 0 Å². The fraction of sp³-hybridized carbons (Fsp3) is 0.412. The van der Waals surface area contributed by atoms with Crippen LogP contribution in [0.2, 0.25) is 0 Å². The molecular weight excluding hydrogens is 361 g/mol. The molecular formula is C17H21BrFN3O. The fourth-order valence-corrected chi connectivity index (χ4v) is 2.75. The average molecular weight is 382 g/mol. The number of halogens is 2. The molecule has 0 atom stereocenters. The number of pyridine rings is 1. The summed E-state index contributed by atoms with van der Waals surface area (Å²) >= 11 is 3.30. The van der Waals surface area contributed by atoms with Crippen molar-refractivity contribution in [1.82, 2.24) is 10.3 Å². The zero-order valence-corrected chi connectivity index (χ0v) is 15.3.